The van der Waals surface area contributed by atoms with Crippen LogP contribution in [0.3, 0.4) is 0 Å². The van der Waals surface area contributed by atoms with E-state index >= 15 is 0 Å². The minimum atomic E-state index is 0.637. The molecular formula is C19H24N2O. The molecule has 1 aliphatic heterocycles. The van der Waals surface area contributed by atoms with Crippen LogP contribution < -0.4 is 4.74 Å². The average molecular weight is 296 g/mol. The van der Waals surface area contributed by atoms with Crippen molar-refractivity contribution < 1.29 is 4.74 Å². The van der Waals surface area contributed by atoms with Gasteiger partial charge in [-0.2, -0.15) is 0 Å². The summed E-state index contributed by atoms with van der Waals surface area (Å²) in [5.41, 5.74) is 1.37. The lowest BCUT2D eigenvalue weighted by molar-refractivity contribution is 0.186. The van der Waals surface area contributed by atoms with Crippen LogP contribution in [0.1, 0.15) is 25.3 Å². The maximum Gasteiger partial charge on any atom is 0.219 e. The third kappa shape index (κ3) is 4.31. The highest BCUT2D eigenvalue weighted by atomic mass is 16.5. The smallest absolute Gasteiger partial charge is 0.219 e. The molecule has 0 aliphatic carbocycles. The lowest BCUT2D eigenvalue weighted by Gasteiger charge is -2.30. The Morgan fingerprint density at radius 1 is 1.18 bits per heavy atom. The molecule has 1 unspecified atom stereocenters. The van der Waals surface area contributed by atoms with Gasteiger partial charge in [0.1, 0.15) is 5.75 Å². The molecule has 3 nitrogen and oxygen atoms in total. The molecule has 1 fully saturated rings. The van der Waals surface area contributed by atoms with Crippen molar-refractivity contribution in [1.29, 1.82) is 0 Å². The lowest BCUT2D eigenvalue weighted by atomic mass is 10.00. The van der Waals surface area contributed by atoms with Crippen LogP contribution in [-0.4, -0.2) is 29.5 Å². The zero-order valence-electron chi connectivity index (χ0n) is 13.2. The van der Waals surface area contributed by atoms with Crippen molar-refractivity contribution in [3.05, 3.63) is 54.2 Å². The first-order chi connectivity index (χ1) is 10.8. The zero-order chi connectivity index (χ0) is 15.2. The van der Waals surface area contributed by atoms with E-state index in [1.54, 1.807) is 6.20 Å². The van der Waals surface area contributed by atoms with Gasteiger partial charge in [-0.25, -0.2) is 4.98 Å². The molecule has 0 saturated carbocycles. The molecule has 2 aromatic rings. The highest BCUT2D eigenvalue weighted by molar-refractivity contribution is 5.30. The summed E-state index contributed by atoms with van der Waals surface area (Å²) in [7, 11) is 0. The first-order valence-corrected chi connectivity index (χ1v) is 8.20. The van der Waals surface area contributed by atoms with Crippen molar-refractivity contribution in [3.8, 4) is 11.6 Å². The summed E-state index contributed by atoms with van der Waals surface area (Å²) in [6, 6.07) is 14.1. The van der Waals surface area contributed by atoms with E-state index in [0.717, 1.165) is 24.6 Å². The van der Waals surface area contributed by atoms with Crippen molar-refractivity contribution in [2.24, 2.45) is 5.92 Å². The van der Waals surface area contributed by atoms with E-state index in [1.807, 2.05) is 30.3 Å². The van der Waals surface area contributed by atoms with Crippen molar-refractivity contribution >= 4 is 0 Å². The summed E-state index contributed by atoms with van der Waals surface area (Å²) >= 11 is 0. The minimum Gasteiger partial charge on any atom is -0.439 e. The lowest BCUT2D eigenvalue weighted by Crippen LogP contribution is -2.35. The van der Waals surface area contributed by atoms with E-state index in [-0.39, 0.29) is 0 Å². The molecule has 1 atom stereocenters. The number of nitrogens with zero attached hydrogens (tertiary/aromatic N) is 2. The Morgan fingerprint density at radius 3 is 2.77 bits per heavy atom. The number of likely N-dealkylation sites (tertiary alicyclic amines) is 1. The molecule has 0 N–H and O–H groups in total. The highest BCUT2D eigenvalue weighted by Crippen LogP contribution is 2.20. The van der Waals surface area contributed by atoms with Gasteiger partial charge in [-0.1, -0.05) is 25.1 Å². The molecule has 3 rings (SSSR count). The summed E-state index contributed by atoms with van der Waals surface area (Å²) in [5.74, 6) is 2.33. The van der Waals surface area contributed by atoms with Gasteiger partial charge in [0.2, 0.25) is 5.88 Å². The standard InChI is InChI=1S/C19H24N2O/c1-16-5-4-13-21(15-16)14-11-17-7-9-18(10-8-17)22-19-6-2-3-12-20-19/h2-3,6-10,12,16H,4-5,11,13-15H2,1H3. The van der Waals surface area contributed by atoms with Gasteiger partial charge in [0.15, 0.2) is 0 Å². The number of hydrogen-bond donors (Lipinski definition) is 0. The monoisotopic (exact) mass is 296 g/mol. The first-order valence-electron chi connectivity index (χ1n) is 8.20. The second kappa shape index (κ2) is 7.41. The number of piperidine rings is 1. The van der Waals surface area contributed by atoms with Gasteiger partial charge in [-0.05, 0) is 55.5 Å². The Kier molecular flexibility index (Phi) is 5.07. The van der Waals surface area contributed by atoms with Crippen LogP contribution in [-0.2, 0) is 6.42 Å². The van der Waals surface area contributed by atoms with Crippen LogP contribution >= 0.6 is 0 Å². The maximum absolute atomic E-state index is 5.72. The summed E-state index contributed by atoms with van der Waals surface area (Å²) in [4.78, 5) is 6.76. The molecule has 3 heteroatoms. The second-order valence-electron chi connectivity index (χ2n) is 6.21. The summed E-state index contributed by atoms with van der Waals surface area (Å²) in [5, 5.41) is 0. The fourth-order valence-corrected chi connectivity index (χ4v) is 3.03. The number of benzene rings is 1. The van der Waals surface area contributed by atoms with Gasteiger partial charge in [0.25, 0.3) is 0 Å². The summed E-state index contributed by atoms with van der Waals surface area (Å²) < 4.78 is 5.72. The zero-order valence-corrected chi connectivity index (χ0v) is 13.2. The largest absolute Gasteiger partial charge is 0.439 e. The molecule has 116 valence electrons. The van der Waals surface area contributed by atoms with Crippen molar-refractivity contribution in [2.75, 3.05) is 19.6 Å². The van der Waals surface area contributed by atoms with Crippen LogP contribution in [0.2, 0.25) is 0 Å². The molecule has 0 radical (unpaired) electrons. The molecular weight excluding hydrogens is 272 g/mol. The number of pyridine rings is 1. The van der Waals surface area contributed by atoms with Crippen LogP contribution in [0.25, 0.3) is 0 Å². The maximum atomic E-state index is 5.72. The van der Waals surface area contributed by atoms with Crippen LogP contribution in [0.5, 0.6) is 11.6 Å². The number of aromatic nitrogens is 1. The molecule has 0 amide bonds. The van der Waals surface area contributed by atoms with Gasteiger partial charge in [0, 0.05) is 25.4 Å². The van der Waals surface area contributed by atoms with E-state index in [1.165, 1.54) is 31.5 Å². The summed E-state index contributed by atoms with van der Waals surface area (Å²) in [6.07, 6.45) is 5.58. The molecule has 0 spiro atoms. The summed E-state index contributed by atoms with van der Waals surface area (Å²) in [6.45, 7) is 6.02. The number of rotatable bonds is 5. The van der Waals surface area contributed by atoms with Crippen molar-refractivity contribution in [3.63, 3.8) is 0 Å². The van der Waals surface area contributed by atoms with E-state index in [9.17, 15) is 0 Å². The minimum absolute atomic E-state index is 0.637. The Bertz CT molecular complexity index is 568. The van der Waals surface area contributed by atoms with Gasteiger partial charge in [-0.15, -0.1) is 0 Å². The molecule has 22 heavy (non-hydrogen) atoms. The quantitative estimate of drug-likeness (QED) is 0.829. The molecule has 1 saturated heterocycles. The fourth-order valence-electron chi connectivity index (χ4n) is 3.03. The van der Waals surface area contributed by atoms with Crippen LogP contribution in [0.4, 0.5) is 0 Å². The number of hydrogen-bond acceptors (Lipinski definition) is 3. The fraction of sp³-hybridized carbons (Fsp3) is 0.421. The van der Waals surface area contributed by atoms with Gasteiger partial charge >= 0.3 is 0 Å². The Balaban J connectivity index is 1.51. The Morgan fingerprint density at radius 2 is 2.05 bits per heavy atom. The van der Waals surface area contributed by atoms with Crippen molar-refractivity contribution in [1.82, 2.24) is 9.88 Å². The van der Waals surface area contributed by atoms with E-state index in [2.05, 4.69) is 28.9 Å². The van der Waals surface area contributed by atoms with Gasteiger partial charge in [0.05, 0.1) is 0 Å². The molecule has 2 heterocycles. The molecule has 1 aromatic carbocycles. The van der Waals surface area contributed by atoms with E-state index in [4.69, 9.17) is 4.74 Å². The highest BCUT2D eigenvalue weighted by Gasteiger charge is 2.15. The van der Waals surface area contributed by atoms with E-state index < -0.39 is 0 Å². The van der Waals surface area contributed by atoms with Gasteiger partial charge in [-0.3, -0.25) is 0 Å². The Labute approximate surface area is 132 Å². The van der Waals surface area contributed by atoms with E-state index in [0.29, 0.717) is 5.88 Å². The molecule has 0 bridgehead atoms. The predicted octanol–water partition coefficient (Wildman–Crippen LogP) is 4.15. The Hall–Kier alpha value is -1.87. The van der Waals surface area contributed by atoms with Crippen molar-refractivity contribution in [2.45, 2.75) is 26.2 Å². The normalized spacial score (nSPS) is 19.0. The molecule has 1 aliphatic rings. The third-order valence-corrected chi connectivity index (χ3v) is 4.24. The third-order valence-electron chi connectivity index (χ3n) is 4.24. The van der Waals surface area contributed by atoms with Crippen LogP contribution in [0.15, 0.2) is 48.7 Å². The second-order valence-corrected chi connectivity index (χ2v) is 6.21. The van der Waals surface area contributed by atoms with Gasteiger partial charge < -0.3 is 9.64 Å². The SMILES string of the molecule is CC1CCCN(CCc2ccc(Oc3ccccn3)cc2)C1. The number of ether oxygens (including phenoxy) is 1. The predicted molar refractivity (Wildman–Crippen MR) is 89.3 cm³/mol. The molecule has 1 aromatic heterocycles. The topological polar surface area (TPSA) is 25.4 Å². The first kappa shape index (κ1) is 15.0. The van der Waals surface area contributed by atoms with Crippen LogP contribution in [0, 0.1) is 5.92 Å². The average Bonchev–Trinajstić information content (AvgIpc) is 2.55.